The summed E-state index contributed by atoms with van der Waals surface area (Å²) in [5, 5.41) is 13.6. The summed E-state index contributed by atoms with van der Waals surface area (Å²) in [7, 11) is -0.0169. The van der Waals surface area contributed by atoms with Gasteiger partial charge < -0.3 is 9.90 Å². The lowest BCUT2D eigenvalue weighted by atomic mass is 10.4. The van der Waals surface area contributed by atoms with Crippen LogP contribution in [0.4, 0.5) is 0 Å². The highest BCUT2D eigenvalue weighted by Gasteiger charge is 2.02. The van der Waals surface area contributed by atoms with E-state index in [1.54, 1.807) is 11.4 Å². The van der Waals surface area contributed by atoms with Crippen molar-refractivity contribution in [2.45, 2.75) is 0 Å². The molecule has 0 fully saturated rings. The predicted octanol–water partition coefficient (Wildman–Crippen LogP) is 0.997. The van der Waals surface area contributed by atoms with E-state index in [4.69, 9.17) is 0 Å². The molecule has 0 aliphatic carbocycles. The molecule has 9 heavy (non-hydrogen) atoms. The summed E-state index contributed by atoms with van der Waals surface area (Å²) in [6.45, 7) is 0. The number of hydrogen-bond donors (Lipinski definition) is 0. The van der Waals surface area contributed by atoms with Crippen molar-refractivity contribution in [3.8, 4) is 0 Å². The Bertz CT molecular complexity index is 231. The maximum atomic E-state index is 10.1. The second kappa shape index (κ2) is 2.66. The minimum Gasteiger partial charge on any atom is -0.545 e. The van der Waals surface area contributed by atoms with E-state index in [1.807, 2.05) is 5.38 Å². The fraction of sp³-hybridized carbons (Fsp3) is 0. The number of halogens is 1. The Morgan fingerprint density at radius 1 is 1.78 bits per heavy atom. The van der Waals surface area contributed by atoms with Crippen LogP contribution in [0.25, 0.3) is 0 Å². The molecule has 0 saturated heterocycles. The van der Waals surface area contributed by atoms with Crippen LogP contribution in [0.5, 0.6) is 0 Å². The molecule has 1 rings (SSSR count). The van der Waals surface area contributed by atoms with E-state index in [1.165, 1.54) is 0 Å². The first-order valence-electron chi connectivity index (χ1n) is 2.19. The third-order valence-electron chi connectivity index (χ3n) is 0.853. The standard InChI is InChI=1S/C5H3IO2S/c6-9-2-1-4(3-9)5(7)8/h1-3H. The summed E-state index contributed by atoms with van der Waals surface area (Å²) >= 11 is 2.15. The van der Waals surface area contributed by atoms with Crippen LogP contribution < -0.4 is 5.11 Å². The fourth-order valence-electron chi connectivity index (χ4n) is 0.454. The molecule has 1 heterocycles. The van der Waals surface area contributed by atoms with E-state index in [9.17, 15) is 9.90 Å². The molecule has 1 aromatic rings. The van der Waals surface area contributed by atoms with Crippen LogP contribution in [0.3, 0.4) is 0 Å². The number of rotatable bonds is 1. The van der Waals surface area contributed by atoms with Crippen molar-refractivity contribution in [3.05, 3.63) is 22.4 Å². The van der Waals surface area contributed by atoms with Gasteiger partial charge in [-0.3, -0.25) is 0 Å². The molecule has 0 radical (unpaired) electrons. The summed E-state index contributed by atoms with van der Waals surface area (Å²) in [5.74, 6) is -1.09. The second-order valence-electron chi connectivity index (χ2n) is 1.48. The smallest absolute Gasteiger partial charge is 0.287 e. The fourth-order valence-corrected chi connectivity index (χ4v) is 2.49. The molecule has 1 unspecified atom stereocenters. The molecular weight excluding hydrogens is 251 g/mol. The van der Waals surface area contributed by atoms with Gasteiger partial charge in [-0.15, -0.1) is 0 Å². The number of carboxylic acids is 1. The van der Waals surface area contributed by atoms with Gasteiger partial charge in [-0.05, 0) is 0 Å². The normalized spacial score (nSPS) is 11.4. The highest BCUT2D eigenvalue weighted by Crippen LogP contribution is 2.27. The Morgan fingerprint density at radius 2 is 2.44 bits per heavy atom. The second-order valence-corrected chi connectivity index (χ2v) is 5.67. The van der Waals surface area contributed by atoms with Gasteiger partial charge in [0.2, 0.25) is 0 Å². The van der Waals surface area contributed by atoms with Crippen molar-refractivity contribution in [3.63, 3.8) is 0 Å². The van der Waals surface area contributed by atoms with Gasteiger partial charge in [0.05, 0.1) is 11.5 Å². The Morgan fingerprint density at radius 3 is 2.67 bits per heavy atom. The van der Waals surface area contributed by atoms with Crippen molar-refractivity contribution >= 4 is 34.8 Å². The summed E-state index contributed by atoms with van der Waals surface area (Å²) in [6, 6.07) is 1.57. The van der Waals surface area contributed by atoms with Gasteiger partial charge in [0.1, 0.15) is 5.38 Å². The van der Waals surface area contributed by atoms with Crippen LogP contribution in [0.15, 0.2) is 16.8 Å². The molecule has 0 amide bonds. The van der Waals surface area contributed by atoms with Gasteiger partial charge in [0.15, 0.2) is 5.38 Å². The van der Waals surface area contributed by atoms with Crippen molar-refractivity contribution in [2.75, 3.05) is 0 Å². The lowest BCUT2D eigenvalue weighted by Gasteiger charge is -1.89. The number of hydrogen-bond acceptors (Lipinski definition) is 2. The number of carbonyl (C=O) groups excluding carboxylic acids is 1. The van der Waals surface area contributed by atoms with E-state index in [0.29, 0.717) is 5.56 Å². The van der Waals surface area contributed by atoms with Crippen LogP contribution >= 0.6 is 28.8 Å². The molecule has 0 aliphatic heterocycles. The van der Waals surface area contributed by atoms with Gasteiger partial charge >= 0.3 is 0 Å². The van der Waals surface area contributed by atoms with Gasteiger partial charge in [-0.2, -0.15) is 0 Å². The van der Waals surface area contributed by atoms with Gasteiger partial charge in [0, 0.05) is 13.7 Å². The Hall–Kier alpha value is -0.100. The molecular formula is C5H3IO2S. The highest BCUT2D eigenvalue weighted by atomic mass is 127. The van der Waals surface area contributed by atoms with Crippen molar-refractivity contribution < 1.29 is 9.90 Å². The molecule has 48 valence electrons. The number of aromatic carboxylic acids is 1. The summed E-state index contributed by atoms with van der Waals surface area (Å²) < 4.78 is 0. The van der Waals surface area contributed by atoms with Crippen LogP contribution in [-0.2, 0) is 0 Å². The largest absolute Gasteiger partial charge is 0.545 e. The van der Waals surface area contributed by atoms with Crippen molar-refractivity contribution in [1.29, 1.82) is 0 Å². The predicted molar refractivity (Wildman–Crippen MR) is 42.7 cm³/mol. The van der Waals surface area contributed by atoms with Crippen LogP contribution in [0, 0.1) is 0 Å². The summed E-state index contributed by atoms with van der Waals surface area (Å²) in [5.41, 5.74) is 0.299. The quantitative estimate of drug-likeness (QED) is 0.554. The molecule has 0 bridgehead atoms. The van der Waals surface area contributed by atoms with Gasteiger partial charge in [-0.25, -0.2) is 0 Å². The molecule has 0 saturated carbocycles. The number of carbonyl (C=O) groups is 1. The SMILES string of the molecule is O=C([O-])c1cc[s+](I)c1. The lowest BCUT2D eigenvalue weighted by molar-refractivity contribution is -0.255. The van der Waals surface area contributed by atoms with Gasteiger partial charge in [-0.1, -0.05) is 0 Å². The average Bonchev–Trinajstić information content (AvgIpc) is 2.14. The first kappa shape index (κ1) is 7.01. The van der Waals surface area contributed by atoms with E-state index in [-0.39, 0.29) is 7.64 Å². The van der Waals surface area contributed by atoms with Crippen LogP contribution in [0.2, 0.25) is 0 Å². The molecule has 4 heteroatoms. The van der Waals surface area contributed by atoms with E-state index in [2.05, 4.69) is 21.2 Å². The maximum Gasteiger partial charge on any atom is 0.287 e. The minimum atomic E-state index is -1.09. The van der Waals surface area contributed by atoms with Crippen LogP contribution in [-0.4, -0.2) is 5.97 Å². The molecule has 0 spiro atoms. The summed E-state index contributed by atoms with van der Waals surface area (Å²) in [6.07, 6.45) is 0. The van der Waals surface area contributed by atoms with E-state index in [0.717, 1.165) is 0 Å². The third kappa shape index (κ3) is 1.65. The van der Waals surface area contributed by atoms with Gasteiger partial charge in [0.25, 0.3) is 21.2 Å². The zero-order valence-corrected chi connectivity index (χ0v) is 7.31. The molecule has 0 aromatic carbocycles. The molecule has 1 atom stereocenters. The molecule has 1 aromatic heterocycles. The van der Waals surface area contributed by atoms with E-state index < -0.39 is 5.97 Å². The lowest BCUT2D eigenvalue weighted by Crippen LogP contribution is -2.21. The minimum absolute atomic E-state index is 0.0169. The molecule has 2 nitrogen and oxygen atoms in total. The topological polar surface area (TPSA) is 40.1 Å². The Balaban J connectivity index is 2.98. The van der Waals surface area contributed by atoms with Crippen LogP contribution in [0.1, 0.15) is 10.4 Å². The highest BCUT2D eigenvalue weighted by molar-refractivity contribution is 14.2. The Labute approximate surface area is 67.1 Å². The first-order chi connectivity index (χ1) is 4.20. The van der Waals surface area contributed by atoms with E-state index >= 15 is 0 Å². The summed E-state index contributed by atoms with van der Waals surface area (Å²) in [4.78, 5) is 10.1. The van der Waals surface area contributed by atoms with Crippen molar-refractivity contribution in [1.82, 2.24) is 0 Å². The molecule has 0 N–H and O–H groups in total. The number of thiophene rings is 1. The zero-order valence-electron chi connectivity index (χ0n) is 4.33. The Kier molecular flexibility index (Phi) is 2.07. The maximum absolute atomic E-state index is 10.1. The third-order valence-corrected chi connectivity index (χ3v) is 3.37. The zero-order chi connectivity index (χ0) is 6.85. The van der Waals surface area contributed by atoms with Crippen molar-refractivity contribution in [2.24, 2.45) is 0 Å². The monoisotopic (exact) mass is 254 g/mol. The molecule has 0 aliphatic rings. The first-order valence-corrected chi connectivity index (χ1v) is 6.09. The average molecular weight is 254 g/mol. The number of carboxylic acid groups (broad SMARTS) is 1.